The van der Waals surface area contributed by atoms with Crippen LogP contribution in [0, 0.1) is 0 Å². The first-order chi connectivity index (χ1) is 9.96. The molecule has 1 fully saturated rings. The van der Waals surface area contributed by atoms with Crippen molar-refractivity contribution in [2.24, 2.45) is 0 Å². The number of aromatic carboxylic acids is 1. The molecular weight excluding hydrogens is 286 g/mol. The van der Waals surface area contributed by atoms with Gasteiger partial charge in [-0.1, -0.05) is 19.9 Å². The molecule has 1 heterocycles. The maximum absolute atomic E-state index is 10.9. The zero-order valence-electron chi connectivity index (χ0n) is 12.7. The second kappa shape index (κ2) is 7.18. The van der Waals surface area contributed by atoms with Gasteiger partial charge in [0.15, 0.2) is 0 Å². The molecule has 4 nitrogen and oxygen atoms in total. The number of carboxylic acid groups (broad SMARTS) is 1. The Labute approximate surface area is 130 Å². The molecule has 1 saturated heterocycles. The fourth-order valence-electron chi connectivity index (χ4n) is 2.30. The van der Waals surface area contributed by atoms with Gasteiger partial charge in [-0.15, -0.1) is 0 Å². The summed E-state index contributed by atoms with van der Waals surface area (Å²) >= 11 is 2.03. The lowest BCUT2D eigenvalue weighted by molar-refractivity contribution is 0.0696. The van der Waals surface area contributed by atoms with Crippen LogP contribution in [0.1, 0.15) is 30.6 Å². The van der Waals surface area contributed by atoms with Crippen molar-refractivity contribution in [2.45, 2.75) is 25.0 Å². The Kier molecular flexibility index (Phi) is 5.53. The summed E-state index contributed by atoms with van der Waals surface area (Å²) in [7, 11) is 0. The van der Waals surface area contributed by atoms with E-state index in [0.717, 1.165) is 25.4 Å². The van der Waals surface area contributed by atoms with Gasteiger partial charge in [0.25, 0.3) is 0 Å². The molecule has 0 aliphatic carbocycles. The van der Waals surface area contributed by atoms with Gasteiger partial charge in [0.1, 0.15) is 12.4 Å². The topological polar surface area (TPSA) is 49.8 Å². The minimum Gasteiger partial charge on any atom is -0.492 e. The molecule has 1 aromatic carbocycles. The summed E-state index contributed by atoms with van der Waals surface area (Å²) < 4.78 is 6.05. The second-order valence-corrected chi connectivity index (χ2v) is 7.68. The van der Waals surface area contributed by atoms with Gasteiger partial charge in [0, 0.05) is 23.6 Å². The van der Waals surface area contributed by atoms with Gasteiger partial charge in [-0.3, -0.25) is 4.90 Å². The molecule has 1 N–H and O–H groups in total. The van der Waals surface area contributed by atoms with E-state index >= 15 is 0 Å². The Morgan fingerprint density at radius 2 is 2.24 bits per heavy atom. The van der Waals surface area contributed by atoms with E-state index in [4.69, 9.17) is 9.84 Å². The summed E-state index contributed by atoms with van der Waals surface area (Å²) in [6.07, 6.45) is 1.19. The van der Waals surface area contributed by atoms with E-state index in [1.165, 1.54) is 6.42 Å². The van der Waals surface area contributed by atoms with Crippen LogP contribution in [-0.4, -0.2) is 52.7 Å². The number of benzene rings is 1. The standard InChI is InChI=1S/C16H23NO3S/c1-16(2)6-7-17(9-11-21-16)8-10-20-14-5-3-4-13(12-14)15(18)19/h3-5,12H,6-11H2,1-2H3,(H,18,19). The van der Waals surface area contributed by atoms with Crippen LogP contribution in [0.25, 0.3) is 0 Å². The maximum atomic E-state index is 10.9. The Hall–Kier alpha value is -1.20. The van der Waals surface area contributed by atoms with Crippen LogP contribution in [0.15, 0.2) is 24.3 Å². The third-order valence-corrected chi connectivity index (χ3v) is 5.06. The zero-order chi connectivity index (χ0) is 15.3. The third-order valence-electron chi connectivity index (χ3n) is 3.69. The fraction of sp³-hybridized carbons (Fsp3) is 0.562. The van der Waals surface area contributed by atoms with E-state index in [1.807, 2.05) is 11.8 Å². The summed E-state index contributed by atoms with van der Waals surface area (Å²) in [6.45, 7) is 8.26. The van der Waals surface area contributed by atoms with Gasteiger partial charge in [-0.2, -0.15) is 11.8 Å². The van der Waals surface area contributed by atoms with Gasteiger partial charge in [0.05, 0.1) is 5.56 Å². The first kappa shape index (κ1) is 16.2. The number of thioether (sulfide) groups is 1. The highest BCUT2D eigenvalue weighted by molar-refractivity contribution is 8.00. The molecule has 2 rings (SSSR count). The lowest BCUT2D eigenvalue weighted by atomic mass is 10.1. The number of hydrogen-bond donors (Lipinski definition) is 1. The van der Waals surface area contributed by atoms with Crippen LogP contribution >= 0.6 is 11.8 Å². The van der Waals surface area contributed by atoms with Gasteiger partial charge in [-0.05, 0) is 31.2 Å². The van der Waals surface area contributed by atoms with Gasteiger partial charge in [0.2, 0.25) is 0 Å². The average Bonchev–Trinajstić information content (AvgIpc) is 2.60. The predicted molar refractivity (Wildman–Crippen MR) is 86.5 cm³/mol. The minimum atomic E-state index is -0.924. The number of nitrogens with zero attached hydrogens (tertiary/aromatic N) is 1. The van der Waals surface area contributed by atoms with Crippen LogP contribution in [0.5, 0.6) is 5.75 Å². The van der Waals surface area contributed by atoms with Gasteiger partial charge < -0.3 is 9.84 Å². The van der Waals surface area contributed by atoms with Crippen molar-refractivity contribution in [1.29, 1.82) is 0 Å². The Morgan fingerprint density at radius 3 is 3.00 bits per heavy atom. The predicted octanol–water partition coefficient (Wildman–Crippen LogP) is 2.98. The summed E-state index contributed by atoms with van der Waals surface area (Å²) in [5, 5.41) is 8.95. The SMILES string of the molecule is CC1(C)CCN(CCOc2cccc(C(=O)O)c2)CCS1. The largest absolute Gasteiger partial charge is 0.492 e. The Bertz CT molecular complexity index is 490. The lowest BCUT2D eigenvalue weighted by Gasteiger charge is -2.22. The quantitative estimate of drug-likeness (QED) is 0.906. The van der Waals surface area contributed by atoms with Crippen LogP contribution in [0.2, 0.25) is 0 Å². The molecule has 0 saturated carbocycles. The normalized spacial score (nSPS) is 19.0. The van der Waals surface area contributed by atoms with Crippen molar-refractivity contribution in [3.8, 4) is 5.75 Å². The molecular formula is C16H23NO3S. The molecule has 0 radical (unpaired) electrons. The maximum Gasteiger partial charge on any atom is 0.335 e. The van der Waals surface area contributed by atoms with Gasteiger partial charge in [-0.25, -0.2) is 4.79 Å². The molecule has 0 unspecified atom stereocenters. The summed E-state index contributed by atoms with van der Waals surface area (Å²) in [5.74, 6) is 0.855. The molecule has 0 bridgehead atoms. The first-order valence-electron chi connectivity index (χ1n) is 7.29. The van der Waals surface area contributed by atoms with Gasteiger partial charge >= 0.3 is 5.97 Å². The molecule has 0 amide bonds. The summed E-state index contributed by atoms with van der Waals surface area (Å²) in [6, 6.07) is 6.66. The van der Waals surface area contributed by atoms with Crippen LogP contribution in [0.4, 0.5) is 0 Å². The zero-order valence-corrected chi connectivity index (χ0v) is 13.5. The Morgan fingerprint density at radius 1 is 1.43 bits per heavy atom. The van der Waals surface area contributed by atoms with E-state index in [9.17, 15) is 4.79 Å². The monoisotopic (exact) mass is 309 g/mol. The minimum absolute atomic E-state index is 0.264. The lowest BCUT2D eigenvalue weighted by Crippen LogP contribution is -2.31. The number of carbonyl (C=O) groups is 1. The molecule has 1 aliphatic heterocycles. The van der Waals surface area contributed by atoms with Crippen molar-refractivity contribution in [1.82, 2.24) is 4.90 Å². The van der Waals surface area contributed by atoms with E-state index < -0.39 is 5.97 Å². The Balaban J connectivity index is 1.79. The molecule has 21 heavy (non-hydrogen) atoms. The van der Waals surface area contributed by atoms with Crippen molar-refractivity contribution in [3.05, 3.63) is 29.8 Å². The van der Waals surface area contributed by atoms with Crippen molar-refractivity contribution in [2.75, 3.05) is 32.0 Å². The van der Waals surface area contributed by atoms with E-state index in [0.29, 0.717) is 17.1 Å². The second-order valence-electron chi connectivity index (χ2n) is 5.88. The number of ether oxygens (including phenoxy) is 1. The van der Waals surface area contributed by atoms with Crippen LogP contribution in [-0.2, 0) is 0 Å². The highest BCUT2D eigenvalue weighted by atomic mass is 32.2. The van der Waals surface area contributed by atoms with E-state index in [1.54, 1.807) is 24.3 Å². The number of hydrogen-bond acceptors (Lipinski definition) is 4. The van der Waals surface area contributed by atoms with E-state index in [-0.39, 0.29) is 5.56 Å². The van der Waals surface area contributed by atoms with Crippen molar-refractivity contribution >= 4 is 17.7 Å². The highest BCUT2D eigenvalue weighted by Gasteiger charge is 2.23. The molecule has 1 aromatic rings. The molecule has 5 heteroatoms. The number of rotatable bonds is 5. The summed E-state index contributed by atoms with van der Waals surface area (Å²) in [5.41, 5.74) is 0.264. The molecule has 0 aromatic heterocycles. The summed E-state index contributed by atoms with van der Waals surface area (Å²) in [4.78, 5) is 13.3. The van der Waals surface area contributed by atoms with Crippen LogP contribution in [0.3, 0.4) is 0 Å². The molecule has 0 spiro atoms. The third kappa shape index (κ3) is 5.25. The fourth-order valence-corrected chi connectivity index (χ4v) is 3.44. The average molecular weight is 309 g/mol. The molecule has 0 atom stereocenters. The van der Waals surface area contributed by atoms with Crippen LogP contribution < -0.4 is 4.74 Å². The van der Waals surface area contributed by atoms with Crippen molar-refractivity contribution in [3.63, 3.8) is 0 Å². The number of carboxylic acids is 1. The van der Waals surface area contributed by atoms with Crippen molar-refractivity contribution < 1.29 is 14.6 Å². The van der Waals surface area contributed by atoms with E-state index in [2.05, 4.69) is 18.7 Å². The smallest absolute Gasteiger partial charge is 0.335 e. The first-order valence-corrected chi connectivity index (χ1v) is 8.27. The molecule has 1 aliphatic rings. The molecule has 116 valence electrons. The highest BCUT2D eigenvalue weighted by Crippen LogP contribution is 2.30.